The lowest BCUT2D eigenvalue weighted by Gasteiger charge is -2.02. The molecule has 0 radical (unpaired) electrons. The molecule has 1 aromatic heterocycles. The second-order valence-electron chi connectivity index (χ2n) is 4.96. The van der Waals surface area contributed by atoms with Gasteiger partial charge in [-0.25, -0.2) is 4.98 Å². The third-order valence-electron chi connectivity index (χ3n) is 2.52. The Balaban J connectivity index is 2.26. The van der Waals surface area contributed by atoms with E-state index in [9.17, 15) is 0 Å². The summed E-state index contributed by atoms with van der Waals surface area (Å²) in [5, 5.41) is 0. The molecule has 86 valence electrons. The molecule has 0 aliphatic rings. The second-order valence-corrected chi connectivity index (χ2v) is 4.96. The lowest BCUT2D eigenvalue weighted by atomic mass is 10.1. The Bertz CT molecular complexity index is 276. The quantitative estimate of drug-likeness (QED) is 0.657. The Hall–Kier alpha value is -0.790. The highest BCUT2D eigenvalue weighted by Gasteiger charge is 2.07. The van der Waals surface area contributed by atoms with Crippen LogP contribution in [0.1, 0.15) is 64.5 Å². The summed E-state index contributed by atoms with van der Waals surface area (Å²) >= 11 is 0. The maximum Gasteiger partial charge on any atom is 0.196 e. The Labute approximate surface area is 93.1 Å². The van der Waals surface area contributed by atoms with E-state index < -0.39 is 0 Å². The van der Waals surface area contributed by atoms with Crippen LogP contribution in [0.3, 0.4) is 0 Å². The molecule has 0 unspecified atom stereocenters. The predicted octanol–water partition coefficient (Wildman–Crippen LogP) is 4.17. The van der Waals surface area contributed by atoms with E-state index >= 15 is 0 Å². The summed E-state index contributed by atoms with van der Waals surface area (Å²) in [6.45, 7) is 8.75. The van der Waals surface area contributed by atoms with Gasteiger partial charge in [0.1, 0.15) is 5.76 Å². The lowest BCUT2D eigenvalue weighted by Crippen LogP contribution is -1.89. The van der Waals surface area contributed by atoms with Gasteiger partial charge in [-0.2, -0.15) is 0 Å². The zero-order valence-electron chi connectivity index (χ0n) is 10.4. The summed E-state index contributed by atoms with van der Waals surface area (Å²) in [5.74, 6) is 3.12. The third kappa shape index (κ3) is 4.50. The van der Waals surface area contributed by atoms with Crippen molar-refractivity contribution in [2.45, 2.75) is 59.3 Å². The topological polar surface area (TPSA) is 26.0 Å². The van der Waals surface area contributed by atoms with Crippen molar-refractivity contribution in [3.63, 3.8) is 0 Å². The number of oxazole rings is 1. The number of unbranched alkanes of at least 4 members (excludes halogenated alkanes) is 1. The molecular weight excluding hydrogens is 186 g/mol. The summed E-state index contributed by atoms with van der Waals surface area (Å²) in [7, 11) is 0. The summed E-state index contributed by atoms with van der Waals surface area (Å²) in [6.07, 6.45) is 6.72. The van der Waals surface area contributed by atoms with Crippen molar-refractivity contribution in [2.24, 2.45) is 5.92 Å². The van der Waals surface area contributed by atoms with Crippen molar-refractivity contribution in [1.82, 2.24) is 4.98 Å². The van der Waals surface area contributed by atoms with Crippen LogP contribution >= 0.6 is 0 Å². The largest absolute Gasteiger partial charge is 0.445 e. The van der Waals surface area contributed by atoms with E-state index in [1.165, 1.54) is 19.3 Å². The van der Waals surface area contributed by atoms with E-state index in [-0.39, 0.29) is 0 Å². The van der Waals surface area contributed by atoms with Gasteiger partial charge in [0, 0.05) is 12.3 Å². The molecule has 0 amide bonds. The maximum atomic E-state index is 5.64. The average molecular weight is 209 g/mol. The Morgan fingerprint density at radius 3 is 2.47 bits per heavy atom. The molecule has 1 rings (SSSR count). The monoisotopic (exact) mass is 209 g/mol. The fraction of sp³-hybridized carbons (Fsp3) is 0.769. The summed E-state index contributed by atoms with van der Waals surface area (Å²) in [5.41, 5.74) is 0. The first-order valence-electron chi connectivity index (χ1n) is 6.04. The Morgan fingerprint density at radius 2 is 1.93 bits per heavy atom. The molecule has 1 heterocycles. The van der Waals surface area contributed by atoms with E-state index in [4.69, 9.17) is 4.42 Å². The van der Waals surface area contributed by atoms with Crippen molar-refractivity contribution in [3.05, 3.63) is 17.8 Å². The van der Waals surface area contributed by atoms with Crippen molar-refractivity contribution in [3.8, 4) is 0 Å². The molecule has 0 aliphatic carbocycles. The number of nitrogens with zero attached hydrogens (tertiary/aromatic N) is 1. The fourth-order valence-electron chi connectivity index (χ4n) is 1.56. The molecule has 0 aromatic carbocycles. The minimum Gasteiger partial charge on any atom is -0.445 e. The zero-order chi connectivity index (χ0) is 11.3. The maximum absolute atomic E-state index is 5.64. The van der Waals surface area contributed by atoms with E-state index in [2.05, 4.69) is 32.7 Å². The number of aromatic nitrogens is 1. The highest BCUT2D eigenvalue weighted by Crippen LogP contribution is 2.16. The molecule has 2 nitrogen and oxygen atoms in total. The minimum absolute atomic E-state index is 0.398. The molecule has 0 bridgehead atoms. The third-order valence-corrected chi connectivity index (χ3v) is 2.52. The number of hydrogen-bond acceptors (Lipinski definition) is 2. The highest BCUT2D eigenvalue weighted by molar-refractivity contribution is 4.97. The molecular formula is C13H23NO. The minimum atomic E-state index is 0.398. The van der Waals surface area contributed by atoms with Crippen LogP contribution in [0.4, 0.5) is 0 Å². The van der Waals surface area contributed by atoms with Crippen LogP contribution in [0.15, 0.2) is 10.6 Å². The lowest BCUT2D eigenvalue weighted by molar-refractivity contribution is 0.426. The summed E-state index contributed by atoms with van der Waals surface area (Å²) in [6, 6.07) is 0. The molecule has 0 saturated heterocycles. The van der Waals surface area contributed by atoms with Crippen molar-refractivity contribution in [2.75, 3.05) is 0 Å². The Morgan fingerprint density at radius 1 is 1.20 bits per heavy atom. The fourth-order valence-corrected chi connectivity index (χ4v) is 1.56. The summed E-state index contributed by atoms with van der Waals surface area (Å²) < 4.78 is 5.64. The van der Waals surface area contributed by atoms with Gasteiger partial charge in [0.15, 0.2) is 5.89 Å². The second kappa shape index (κ2) is 5.94. The van der Waals surface area contributed by atoms with Gasteiger partial charge >= 0.3 is 0 Å². The van der Waals surface area contributed by atoms with Gasteiger partial charge in [-0.3, -0.25) is 0 Å². The molecule has 2 heteroatoms. The van der Waals surface area contributed by atoms with Crippen LogP contribution in [0.25, 0.3) is 0 Å². The van der Waals surface area contributed by atoms with Crippen LogP contribution in [0.2, 0.25) is 0 Å². The number of aryl methyl sites for hydroxylation is 1. The van der Waals surface area contributed by atoms with Crippen LogP contribution in [-0.4, -0.2) is 4.98 Å². The molecule has 0 N–H and O–H groups in total. The van der Waals surface area contributed by atoms with Gasteiger partial charge in [0.05, 0.1) is 6.20 Å². The molecule has 0 fully saturated rings. The zero-order valence-corrected chi connectivity index (χ0v) is 10.4. The van der Waals surface area contributed by atoms with Gasteiger partial charge < -0.3 is 4.42 Å². The SMILES string of the molecule is CC(C)CCCCc1cnc(C(C)C)o1. The van der Waals surface area contributed by atoms with Crippen molar-refractivity contribution >= 4 is 0 Å². The average Bonchev–Trinajstić information content (AvgIpc) is 2.60. The van der Waals surface area contributed by atoms with Crippen molar-refractivity contribution < 1.29 is 4.42 Å². The predicted molar refractivity (Wildman–Crippen MR) is 63.0 cm³/mol. The van der Waals surface area contributed by atoms with Gasteiger partial charge in [-0.15, -0.1) is 0 Å². The van der Waals surface area contributed by atoms with Crippen LogP contribution < -0.4 is 0 Å². The molecule has 0 saturated carbocycles. The van der Waals surface area contributed by atoms with E-state index in [1.807, 2.05) is 6.20 Å². The smallest absolute Gasteiger partial charge is 0.196 e. The van der Waals surface area contributed by atoms with Crippen LogP contribution in [0.5, 0.6) is 0 Å². The van der Waals surface area contributed by atoms with Gasteiger partial charge in [0.25, 0.3) is 0 Å². The first-order chi connectivity index (χ1) is 7.09. The van der Waals surface area contributed by atoms with Gasteiger partial charge in [-0.1, -0.05) is 40.5 Å². The highest BCUT2D eigenvalue weighted by atomic mass is 16.4. The van der Waals surface area contributed by atoms with Crippen molar-refractivity contribution in [1.29, 1.82) is 0 Å². The van der Waals surface area contributed by atoms with Gasteiger partial charge in [0.2, 0.25) is 0 Å². The van der Waals surface area contributed by atoms with Gasteiger partial charge in [-0.05, 0) is 12.3 Å². The van der Waals surface area contributed by atoms with Crippen LogP contribution in [-0.2, 0) is 6.42 Å². The van der Waals surface area contributed by atoms with E-state index in [1.54, 1.807) is 0 Å². The molecule has 0 aliphatic heterocycles. The molecule has 15 heavy (non-hydrogen) atoms. The number of rotatable bonds is 6. The molecule has 0 spiro atoms. The van der Waals surface area contributed by atoms with Crippen LogP contribution in [0, 0.1) is 5.92 Å². The first-order valence-corrected chi connectivity index (χ1v) is 6.04. The number of hydrogen-bond donors (Lipinski definition) is 0. The summed E-state index contributed by atoms with van der Waals surface area (Å²) in [4.78, 5) is 4.26. The van der Waals surface area contributed by atoms with E-state index in [0.29, 0.717) is 5.92 Å². The standard InChI is InChI=1S/C13H23NO/c1-10(2)7-5-6-8-12-9-14-13(15-12)11(3)4/h9-11H,5-8H2,1-4H3. The Kier molecular flexibility index (Phi) is 4.86. The normalized spacial score (nSPS) is 11.6. The van der Waals surface area contributed by atoms with E-state index in [0.717, 1.165) is 24.0 Å². The first kappa shape index (κ1) is 12.3. The molecule has 0 atom stereocenters. The molecule has 1 aromatic rings.